The van der Waals surface area contributed by atoms with Gasteiger partial charge in [-0.15, -0.1) is 0 Å². The van der Waals surface area contributed by atoms with Crippen LogP contribution in [0, 0.1) is 13.8 Å². The first kappa shape index (κ1) is 27.9. The van der Waals surface area contributed by atoms with Crippen LogP contribution in [-0.4, -0.2) is 77.5 Å². The molecule has 3 atom stereocenters. The van der Waals surface area contributed by atoms with E-state index < -0.39 is 39.5 Å². The van der Waals surface area contributed by atoms with Gasteiger partial charge in [-0.25, -0.2) is 13.4 Å². The van der Waals surface area contributed by atoms with Crippen LogP contribution in [0.15, 0.2) is 69.2 Å². The van der Waals surface area contributed by atoms with Gasteiger partial charge < -0.3 is 24.7 Å². The van der Waals surface area contributed by atoms with Gasteiger partial charge in [0.1, 0.15) is 12.1 Å². The summed E-state index contributed by atoms with van der Waals surface area (Å²) in [5.74, 6) is -1.91. The number of carbonyl (C=O) groups is 2. The third-order valence-electron chi connectivity index (χ3n) is 6.13. The summed E-state index contributed by atoms with van der Waals surface area (Å²) in [4.78, 5) is 37.6. The molecule has 0 aliphatic carbocycles. The average Bonchev–Trinajstić information content (AvgIpc) is 3.68. The number of aliphatic imine (C=N–C) groups is 1. The van der Waals surface area contributed by atoms with Gasteiger partial charge in [0.05, 0.1) is 16.8 Å². The Morgan fingerprint density at radius 3 is 2.56 bits per heavy atom. The van der Waals surface area contributed by atoms with Gasteiger partial charge in [0, 0.05) is 31.1 Å². The number of hydrogen-bond acceptors (Lipinski definition) is 10. The molecule has 39 heavy (non-hydrogen) atoms. The number of ketones is 1. The molecule has 0 bridgehead atoms. The van der Waals surface area contributed by atoms with E-state index in [1.165, 1.54) is 54.9 Å². The monoisotopic (exact) mass is 556 g/mol. The number of ether oxygens (including phenoxy) is 1. The molecule has 4 rings (SSSR count). The fourth-order valence-electron chi connectivity index (χ4n) is 4.04. The Balaban J connectivity index is 1.61. The quantitative estimate of drug-likeness (QED) is 0.169. The number of anilines is 1. The number of nitrogens with zero attached hydrogens (tertiary/aromatic N) is 3. The van der Waals surface area contributed by atoms with Crippen molar-refractivity contribution >= 4 is 33.9 Å². The van der Waals surface area contributed by atoms with Crippen LogP contribution in [0.1, 0.15) is 28.4 Å². The third-order valence-corrected chi connectivity index (χ3v) is 7.58. The van der Waals surface area contributed by atoms with Crippen LogP contribution in [-0.2, 0) is 19.6 Å². The molecule has 1 aliphatic rings. The van der Waals surface area contributed by atoms with Crippen molar-refractivity contribution in [3.8, 4) is 0 Å². The van der Waals surface area contributed by atoms with Crippen molar-refractivity contribution in [3.05, 3.63) is 71.9 Å². The molecule has 4 N–H and O–H groups in total. The molecule has 3 aromatic rings. The number of allylic oxidation sites excluding steroid dienone is 1. The number of Topliss-reactive ketones (excluding diaryl/α,β-unsaturated/α-hetero) is 1. The van der Waals surface area contributed by atoms with Crippen molar-refractivity contribution < 1.29 is 32.4 Å². The summed E-state index contributed by atoms with van der Waals surface area (Å²) in [6.07, 6.45) is 4.18. The largest absolute Gasteiger partial charge is 0.480 e. The predicted octanol–water partition coefficient (Wildman–Crippen LogP) is 1.90. The van der Waals surface area contributed by atoms with Crippen molar-refractivity contribution in [2.24, 2.45) is 4.99 Å². The highest BCUT2D eigenvalue weighted by atomic mass is 32.2. The number of aryl methyl sites for hydroxylation is 2. The minimum Gasteiger partial charge on any atom is -0.480 e. The molecule has 13 nitrogen and oxygen atoms in total. The second-order valence-electron chi connectivity index (χ2n) is 8.79. The molecule has 1 aromatic carbocycles. The Morgan fingerprint density at radius 2 is 1.97 bits per heavy atom. The highest BCUT2D eigenvalue weighted by Gasteiger charge is 2.53. The van der Waals surface area contributed by atoms with E-state index in [1.807, 2.05) is 13.8 Å². The first-order valence-corrected chi connectivity index (χ1v) is 13.5. The number of carboxylic acid groups (broad SMARTS) is 1. The first-order chi connectivity index (χ1) is 18.6. The van der Waals surface area contributed by atoms with Crippen LogP contribution in [0.4, 0.5) is 5.95 Å². The molecular formula is C25H28N6O7S. The fourth-order valence-corrected chi connectivity index (χ4v) is 5.25. The van der Waals surface area contributed by atoms with E-state index in [-0.39, 0.29) is 17.3 Å². The molecule has 0 saturated carbocycles. The number of H-pyrrole nitrogens is 1. The third kappa shape index (κ3) is 6.13. The number of benzene rings is 1. The highest BCUT2D eigenvalue weighted by molar-refractivity contribution is 7.89. The predicted molar refractivity (Wildman–Crippen MR) is 140 cm³/mol. The van der Waals surface area contributed by atoms with E-state index in [9.17, 15) is 23.1 Å². The van der Waals surface area contributed by atoms with Gasteiger partial charge in [-0.2, -0.15) is 4.72 Å². The standard InChI is InChI=1S/C25H28N6O7S/c1-16-17(2)30-24(29-16)26-12-7-15-37-22(25(11-6-13-27-25)21(32)19-10-14-28-38-19)20(23(33)34)31-39(35,36)18-8-4-3-5-9-18/h3-6,8-11,13-14,20,22,31H,7,12,15H2,1-2H3,(H,33,34)(H2,26,29,30). The number of hydrogen-bond donors (Lipinski definition) is 4. The number of aliphatic carboxylic acids is 1. The van der Waals surface area contributed by atoms with Gasteiger partial charge in [0.2, 0.25) is 27.5 Å². The SMILES string of the molecule is Cc1nc(NCCCOC(C(NS(=O)(=O)c2ccccc2)C(=O)O)C2(C(=O)c3ccno3)C=CC=N2)[nH]c1C. The lowest BCUT2D eigenvalue weighted by molar-refractivity contribution is -0.144. The molecule has 0 saturated heterocycles. The Bertz CT molecular complexity index is 1430. The molecule has 0 amide bonds. The molecule has 0 spiro atoms. The minimum atomic E-state index is -4.32. The molecule has 14 heteroatoms. The van der Waals surface area contributed by atoms with Gasteiger partial charge >= 0.3 is 5.97 Å². The van der Waals surface area contributed by atoms with Gasteiger partial charge in [-0.1, -0.05) is 23.4 Å². The number of carbonyl (C=O) groups excluding carboxylic acids is 1. The second-order valence-corrected chi connectivity index (χ2v) is 10.5. The van der Waals surface area contributed by atoms with E-state index in [0.29, 0.717) is 18.9 Å². The molecule has 0 fully saturated rings. The van der Waals surface area contributed by atoms with Crippen LogP contribution in [0.25, 0.3) is 0 Å². The second kappa shape index (κ2) is 11.7. The molecule has 1 aliphatic heterocycles. The fraction of sp³-hybridized carbons (Fsp3) is 0.320. The minimum absolute atomic E-state index is 0.0397. The van der Waals surface area contributed by atoms with Gasteiger partial charge in [0.25, 0.3) is 0 Å². The summed E-state index contributed by atoms with van der Waals surface area (Å²) >= 11 is 0. The Hall–Kier alpha value is -4.14. The Kier molecular flexibility index (Phi) is 8.38. The van der Waals surface area contributed by atoms with E-state index >= 15 is 0 Å². The lowest BCUT2D eigenvalue weighted by Gasteiger charge is -2.35. The Morgan fingerprint density at radius 1 is 1.21 bits per heavy atom. The van der Waals surface area contributed by atoms with Crippen molar-refractivity contribution in [1.82, 2.24) is 19.8 Å². The van der Waals surface area contributed by atoms with Crippen molar-refractivity contribution in [3.63, 3.8) is 0 Å². The number of rotatable bonds is 14. The number of aromatic nitrogens is 3. The summed E-state index contributed by atoms with van der Waals surface area (Å²) in [5.41, 5.74) is -0.157. The number of sulfonamides is 1. The zero-order valence-electron chi connectivity index (χ0n) is 21.2. The maximum Gasteiger partial charge on any atom is 0.324 e. The molecular weight excluding hydrogens is 528 g/mol. The summed E-state index contributed by atoms with van der Waals surface area (Å²) in [6, 6.07) is 6.70. The van der Waals surface area contributed by atoms with Crippen LogP contribution in [0.3, 0.4) is 0 Å². The number of carboxylic acids is 1. The van der Waals surface area contributed by atoms with Crippen molar-refractivity contribution in [2.45, 2.75) is 42.8 Å². The van der Waals surface area contributed by atoms with E-state index in [2.05, 4.69) is 30.2 Å². The average molecular weight is 557 g/mol. The van der Waals surface area contributed by atoms with Crippen LogP contribution >= 0.6 is 0 Å². The van der Waals surface area contributed by atoms with Crippen LogP contribution < -0.4 is 10.0 Å². The van der Waals surface area contributed by atoms with Crippen molar-refractivity contribution in [1.29, 1.82) is 0 Å². The number of nitrogens with one attached hydrogen (secondary N) is 3. The molecule has 3 heterocycles. The maximum absolute atomic E-state index is 13.6. The summed E-state index contributed by atoms with van der Waals surface area (Å²) < 4.78 is 39.4. The zero-order valence-corrected chi connectivity index (χ0v) is 22.0. The molecule has 3 unspecified atom stereocenters. The van der Waals surface area contributed by atoms with Crippen molar-refractivity contribution in [2.75, 3.05) is 18.5 Å². The van der Waals surface area contributed by atoms with E-state index in [1.54, 1.807) is 6.07 Å². The summed E-state index contributed by atoms with van der Waals surface area (Å²) in [5, 5.41) is 16.8. The normalized spacial score (nSPS) is 18.2. The first-order valence-electron chi connectivity index (χ1n) is 12.0. The lowest BCUT2D eigenvalue weighted by atomic mass is 9.83. The Labute approximate surface area is 224 Å². The summed E-state index contributed by atoms with van der Waals surface area (Å²) in [7, 11) is -4.32. The topological polar surface area (TPSA) is 189 Å². The molecule has 206 valence electrons. The van der Waals surface area contributed by atoms with E-state index in [0.717, 1.165) is 11.4 Å². The van der Waals surface area contributed by atoms with Crippen LogP contribution in [0.2, 0.25) is 0 Å². The number of imidazole rings is 1. The molecule has 2 aromatic heterocycles. The van der Waals surface area contributed by atoms with E-state index in [4.69, 9.17) is 9.26 Å². The maximum atomic E-state index is 13.6. The lowest BCUT2D eigenvalue weighted by Crippen LogP contribution is -2.60. The molecule has 0 radical (unpaired) electrons. The van der Waals surface area contributed by atoms with Gasteiger partial charge in [0.15, 0.2) is 5.54 Å². The van der Waals surface area contributed by atoms with Crippen LogP contribution in [0.5, 0.6) is 0 Å². The zero-order chi connectivity index (χ0) is 28.0. The van der Waals surface area contributed by atoms with Gasteiger partial charge in [-0.3, -0.25) is 14.6 Å². The summed E-state index contributed by atoms with van der Waals surface area (Å²) in [6.45, 7) is 4.12. The van der Waals surface area contributed by atoms with Gasteiger partial charge in [-0.05, 0) is 44.6 Å². The smallest absolute Gasteiger partial charge is 0.324 e. The highest BCUT2D eigenvalue weighted by Crippen LogP contribution is 2.32. The number of aromatic amines is 1.